The lowest BCUT2D eigenvalue weighted by Gasteiger charge is -2.29. The molecule has 0 bridgehead atoms. The molecule has 0 spiro atoms. The van der Waals surface area contributed by atoms with Crippen LogP contribution in [0, 0.1) is 18.6 Å². The van der Waals surface area contributed by atoms with Gasteiger partial charge < -0.3 is 0 Å². The third kappa shape index (κ3) is 3.84. The predicted molar refractivity (Wildman–Crippen MR) is 137 cm³/mol. The molecule has 5 aromatic carbocycles. The summed E-state index contributed by atoms with van der Waals surface area (Å²) >= 11 is 0. The zero-order chi connectivity index (χ0) is 25.0. The maximum Gasteiger partial charge on any atom is 0.416 e. The van der Waals surface area contributed by atoms with Gasteiger partial charge in [-0.2, -0.15) is 13.2 Å². The molecular formula is C29H20F5P. The van der Waals surface area contributed by atoms with Gasteiger partial charge in [0.15, 0.2) is 0 Å². The molecule has 0 aromatic heterocycles. The van der Waals surface area contributed by atoms with E-state index in [0.717, 1.165) is 33.7 Å². The molecule has 176 valence electrons. The summed E-state index contributed by atoms with van der Waals surface area (Å²) in [6.07, 6.45) is -0.272. The maximum absolute atomic E-state index is 15.5. The first-order valence-corrected chi connectivity index (χ1v) is 12.9. The Kier molecular flexibility index (Phi) is 5.56. The number of hydrogen-bond acceptors (Lipinski definition) is 0. The quantitative estimate of drug-likeness (QED) is 0.140. The standard InChI is InChI=1S/C29H20F5P/c1-18-11-13-26(24(30)15-18)35(2,27-14-12-20(17-25(27)31)29(32,33)34)28-16-19-7-3-4-8-21(19)22-9-5-6-10-23(22)28/h3-17H,2H2,1H3. The Hall–Kier alpha value is -3.43. The second-order valence-electron chi connectivity index (χ2n) is 8.59. The zero-order valence-electron chi connectivity index (χ0n) is 18.7. The van der Waals surface area contributed by atoms with Gasteiger partial charge in [-0.3, -0.25) is 0 Å². The number of alkyl halides is 3. The molecule has 1 atom stereocenters. The van der Waals surface area contributed by atoms with Crippen molar-refractivity contribution in [2.45, 2.75) is 13.1 Å². The van der Waals surface area contributed by atoms with E-state index in [2.05, 4.69) is 6.30 Å². The molecule has 1 unspecified atom stereocenters. The van der Waals surface area contributed by atoms with Crippen LogP contribution in [0.15, 0.2) is 91.0 Å². The number of fused-ring (bicyclic) bond motifs is 3. The molecule has 0 saturated heterocycles. The molecule has 0 saturated carbocycles. The van der Waals surface area contributed by atoms with Crippen LogP contribution < -0.4 is 15.9 Å². The first-order chi connectivity index (χ1) is 16.6. The highest BCUT2D eigenvalue weighted by Gasteiger charge is 2.34. The average molecular weight is 494 g/mol. The topological polar surface area (TPSA) is 0 Å². The summed E-state index contributed by atoms with van der Waals surface area (Å²) in [7, 11) is 0. The molecule has 0 fully saturated rings. The van der Waals surface area contributed by atoms with Crippen LogP contribution in [0.5, 0.6) is 0 Å². The summed E-state index contributed by atoms with van der Waals surface area (Å²) in [4.78, 5) is 0. The van der Waals surface area contributed by atoms with E-state index in [1.54, 1.807) is 19.1 Å². The normalized spacial score (nSPS) is 13.8. The van der Waals surface area contributed by atoms with Crippen LogP contribution in [0.1, 0.15) is 11.1 Å². The highest BCUT2D eigenvalue weighted by Crippen LogP contribution is 2.47. The van der Waals surface area contributed by atoms with Crippen LogP contribution in [0.25, 0.3) is 21.5 Å². The first-order valence-electron chi connectivity index (χ1n) is 10.9. The van der Waals surface area contributed by atoms with Crippen molar-refractivity contribution in [3.8, 4) is 0 Å². The van der Waals surface area contributed by atoms with E-state index < -0.39 is 30.3 Å². The number of benzene rings is 5. The van der Waals surface area contributed by atoms with Crippen molar-refractivity contribution in [3.63, 3.8) is 0 Å². The number of hydrogen-bond donors (Lipinski definition) is 0. The van der Waals surface area contributed by atoms with Crippen LogP contribution in [-0.4, -0.2) is 6.30 Å². The van der Waals surface area contributed by atoms with Gasteiger partial charge in [-0.1, -0.05) is 73.0 Å². The minimum Gasteiger partial charge on any atom is -0.206 e. The van der Waals surface area contributed by atoms with E-state index in [1.807, 2.05) is 54.6 Å². The third-order valence-corrected chi connectivity index (χ3v) is 9.92. The zero-order valence-corrected chi connectivity index (χ0v) is 19.6. The Balaban J connectivity index is 1.93. The summed E-state index contributed by atoms with van der Waals surface area (Å²) < 4.78 is 71.0. The molecule has 0 amide bonds. The van der Waals surface area contributed by atoms with Crippen LogP contribution in [0.4, 0.5) is 22.0 Å². The van der Waals surface area contributed by atoms with E-state index >= 15 is 8.78 Å². The second kappa shape index (κ2) is 8.35. The number of rotatable bonds is 3. The van der Waals surface area contributed by atoms with Crippen molar-refractivity contribution in [2.75, 3.05) is 0 Å². The summed E-state index contributed by atoms with van der Waals surface area (Å²) in [5.41, 5.74) is -0.424. The number of aryl methyl sites for hydroxylation is 1. The predicted octanol–water partition coefficient (Wildman–Crippen LogP) is 7.32. The molecule has 5 aromatic rings. The fourth-order valence-electron chi connectivity index (χ4n) is 4.65. The van der Waals surface area contributed by atoms with Gasteiger partial charge in [0.25, 0.3) is 0 Å². The van der Waals surface area contributed by atoms with Gasteiger partial charge in [0, 0.05) is 10.6 Å². The van der Waals surface area contributed by atoms with Crippen molar-refractivity contribution in [3.05, 3.63) is 114 Å². The molecule has 0 aliphatic carbocycles. The summed E-state index contributed by atoms with van der Waals surface area (Å²) in [6.45, 7) is -1.57. The van der Waals surface area contributed by atoms with Crippen molar-refractivity contribution >= 4 is 50.6 Å². The van der Waals surface area contributed by atoms with E-state index in [1.165, 1.54) is 6.07 Å². The summed E-state index contributed by atoms with van der Waals surface area (Å²) in [5, 5.41) is 4.22. The van der Waals surface area contributed by atoms with Gasteiger partial charge in [0.05, 0.1) is 5.56 Å². The third-order valence-electron chi connectivity index (χ3n) is 6.36. The SMILES string of the molecule is C=P(c1ccc(C)cc1F)(c1ccc(C(F)(F)F)cc1F)c1cc2ccccc2c2ccccc12. The fourth-order valence-corrected chi connectivity index (χ4v) is 7.91. The highest BCUT2D eigenvalue weighted by atomic mass is 31.2. The van der Waals surface area contributed by atoms with Crippen molar-refractivity contribution in [1.82, 2.24) is 0 Å². The van der Waals surface area contributed by atoms with Crippen molar-refractivity contribution in [1.29, 1.82) is 0 Å². The van der Waals surface area contributed by atoms with E-state index in [-0.39, 0.29) is 10.6 Å². The van der Waals surface area contributed by atoms with Gasteiger partial charge >= 0.3 is 6.18 Å². The Morgan fingerprint density at radius 1 is 0.629 bits per heavy atom. The lowest BCUT2D eigenvalue weighted by molar-refractivity contribution is -0.137. The maximum atomic E-state index is 15.5. The molecule has 0 nitrogen and oxygen atoms in total. The van der Waals surface area contributed by atoms with Gasteiger partial charge in [-0.15, -0.1) is 0 Å². The van der Waals surface area contributed by atoms with Gasteiger partial charge in [-0.25, -0.2) is 8.78 Å². The second-order valence-corrected chi connectivity index (χ2v) is 11.7. The van der Waals surface area contributed by atoms with Crippen LogP contribution in [0.2, 0.25) is 0 Å². The fraction of sp³-hybridized carbons (Fsp3) is 0.0690. The van der Waals surface area contributed by atoms with Gasteiger partial charge in [-0.05, 0) is 70.5 Å². The van der Waals surface area contributed by atoms with Crippen molar-refractivity contribution in [2.24, 2.45) is 0 Å². The molecule has 0 heterocycles. The lowest BCUT2D eigenvalue weighted by atomic mass is 10.0. The molecule has 35 heavy (non-hydrogen) atoms. The average Bonchev–Trinajstić information content (AvgIpc) is 2.82. The van der Waals surface area contributed by atoms with E-state index in [9.17, 15) is 13.2 Å². The number of halogens is 5. The minimum absolute atomic E-state index is 0.0336. The Morgan fingerprint density at radius 2 is 1.20 bits per heavy atom. The first kappa shape index (κ1) is 23.3. The molecule has 5 rings (SSSR count). The highest BCUT2D eigenvalue weighted by molar-refractivity contribution is 7.93. The monoisotopic (exact) mass is 494 g/mol. The van der Waals surface area contributed by atoms with Crippen LogP contribution in [0.3, 0.4) is 0 Å². The van der Waals surface area contributed by atoms with Crippen LogP contribution >= 0.6 is 6.89 Å². The van der Waals surface area contributed by atoms with E-state index in [4.69, 9.17) is 0 Å². The largest absolute Gasteiger partial charge is 0.416 e. The minimum atomic E-state index is -4.70. The molecular weight excluding hydrogens is 474 g/mol. The smallest absolute Gasteiger partial charge is 0.206 e. The van der Waals surface area contributed by atoms with Gasteiger partial charge in [0.2, 0.25) is 0 Å². The Bertz CT molecular complexity index is 1650. The lowest BCUT2D eigenvalue weighted by Crippen LogP contribution is -2.30. The summed E-state index contributed by atoms with van der Waals surface area (Å²) in [6, 6.07) is 24.1. The van der Waals surface area contributed by atoms with Crippen molar-refractivity contribution < 1.29 is 22.0 Å². The summed E-state index contributed by atoms with van der Waals surface area (Å²) in [5.74, 6) is -1.62. The molecule has 0 aliphatic rings. The molecule has 0 radical (unpaired) electrons. The van der Waals surface area contributed by atoms with Gasteiger partial charge in [0.1, 0.15) is 11.6 Å². The Labute approximate surface area is 199 Å². The molecule has 6 heteroatoms. The molecule has 0 aliphatic heterocycles. The Morgan fingerprint density at radius 3 is 1.83 bits per heavy atom. The van der Waals surface area contributed by atoms with Crippen LogP contribution in [-0.2, 0) is 6.18 Å². The van der Waals surface area contributed by atoms with E-state index in [0.29, 0.717) is 16.9 Å². The molecule has 0 N–H and O–H groups in total.